The Bertz CT molecular complexity index is 558. The van der Waals surface area contributed by atoms with Gasteiger partial charge in [0.2, 0.25) is 0 Å². The molecular formula is C16H23N3O4. The number of hydrogen-bond acceptors (Lipinski definition) is 5. The molecule has 1 aromatic carbocycles. The van der Waals surface area contributed by atoms with Gasteiger partial charge in [-0.15, -0.1) is 0 Å². The minimum absolute atomic E-state index is 0.475. The first-order chi connectivity index (χ1) is 11.1. The number of benzene rings is 1. The van der Waals surface area contributed by atoms with Crippen molar-refractivity contribution in [3.8, 4) is 11.5 Å². The van der Waals surface area contributed by atoms with Gasteiger partial charge in [0, 0.05) is 6.54 Å². The number of methoxy groups -OCH3 is 1. The third kappa shape index (κ3) is 6.37. The maximum atomic E-state index is 11.5. The van der Waals surface area contributed by atoms with E-state index in [1.54, 1.807) is 25.3 Å². The van der Waals surface area contributed by atoms with Crippen molar-refractivity contribution in [1.29, 1.82) is 0 Å². The van der Waals surface area contributed by atoms with Gasteiger partial charge in [0.1, 0.15) is 0 Å². The third-order valence-corrected chi connectivity index (χ3v) is 2.89. The van der Waals surface area contributed by atoms with Gasteiger partial charge in [-0.3, -0.25) is 9.59 Å². The highest BCUT2D eigenvalue weighted by molar-refractivity contribution is 6.35. The Morgan fingerprint density at radius 3 is 2.65 bits per heavy atom. The van der Waals surface area contributed by atoms with Crippen LogP contribution >= 0.6 is 0 Å². The Balaban J connectivity index is 2.57. The highest BCUT2D eigenvalue weighted by Crippen LogP contribution is 2.27. The molecule has 126 valence electrons. The lowest BCUT2D eigenvalue weighted by Crippen LogP contribution is -2.38. The van der Waals surface area contributed by atoms with Crippen LogP contribution in [-0.4, -0.2) is 38.3 Å². The summed E-state index contributed by atoms with van der Waals surface area (Å²) in [7, 11) is 1.54. The summed E-state index contributed by atoms with van der Waals surface area (Å²) in [6.45, 7) is 4.90. The Labute approximate surface area is 136 Å². The molecule has 0 aromatic heterocycles. The average molecular weight is 321 g/mol. The number of nitrogens with zero attached hydrogens (tertiary/aromatic N) is 1. The van der Waals surface area contributed by atoms with E-state index in [9.17, 15) is 9.59 Å². The van der Waals surface area contributed by atoms with Crippen LogP contribution in [0.15, 0.2) is 23.3 Å². The molecule has 0 aliphatic rings. The maximum Gasteiger partial charge on any atom is 0.329 e. The van der Waals surface area contributed by atoms with Crippen LogP contribution in [0.4, 0.5) is 0 Å². The van der Waals surface area contributed by atoms with Crippen LogP contribution in [0.1, 0.15) is 32.3 Å². The van der Waals surface area contributed by atoms with Crippen molar-refractivity contribution in [1.82, 2.24) is 10.7 Å². The highest BCUT2D eigenvalue weighted by Gasteiger charge is 2.11. The monoisotopic (exact) mass is 321 g/mol. The Morgan fingerprint density at radius 2 is 2.00 bits per heavy atom. The van der Waals surface area contributed by atoms with Gasteiger partial charge in [0.25, 0.3) is 0 Å². The Hall–Kier alpha value is -2.57. The van der Waals surface area contributed by atoms with Crippen molar-refractivity contribution >= 4 is 18.0 Å². The number of rotatable bonds is 8. The predicted molar refractivity (Wildman–Crippen MR) is 87.8 cm³/mol. The molecule has 0 bridgehead atoms. The van der Waals surface area contributed by atoms with Crippen molar-refractivity contribution in [3.63, 3.8) is 0 Å². The van der Waals surface area contributed by atoms with E-state index in [4.69, 9.17) is 9.47 Å². The van der Waals surface area contributed by atoms with Crippen LogP contribution < -0.4 is 20.2 Å². The van der Waals surface area contributed by atoms with Gasteiger partial charge < -0.3 is 14.8 Å². The second-order valence-corrected chi connectivity index (χ2v) is 4.65. The number of hydrogen-bond donors (Lipinski definition) is 2. The van der Waals surface area contributed by atoms with E-state index in [2.05, 4.69) is 15.8 Å². The largest absolute Gasteiger partial charge is 0.493 e. The van der Waals surface area contributed by atoms with Crippen LogP contribution in [0.2, 0.25) is 0 Å². The summed E-state index contributed by atoms with van der Waals surface area (Å²) >= 11 is 0. The molecule has 0 saturated heterocycles. The van der Waals surface area contributed by atoms with E-state index in [-0.39, 0.29) is 0 Å². The summed E-state index contributed by atoms with van der Waals surface area (Å²) in [5.74, 6) is -0.291. The third-order valence-electron chi connectivity index (χ3n) is 2.89. The minimum atomic E-state index is -0.796. The molecule has 0 heterocycles. The van der Waals surface area contributed by atoms with E-state index < -0.39 is 11.8 Å². The number of carbonyl (C=O) groups is 2. The maximum absolute atomic E-state index is 11.5. The molecule has 2 N–H and O–H groups in total. The molecule has 2 amide bonds. The van der Waals surface area contributed by atoms with Gasteiger partial charge in [-0.2, -0.15) is 5.10 Å². The molecule has 1 rings (SSSR count). The zero-order chi connectivity index (χ0) is 17.1. The molecule has 1 aromatic rings. The minimum Gasteiger partial charge on any atom is -0.493 e. The van der Waals surface area contributed by atoms with Crippen molar-refractivity contribution in [3.05, 3.63) is 23.8 Å². The Kier molecular flexibility index (Phi) is 8.20. The van der Waals surface area contributed by atoms with E-state index in [0.717, 1.165) is 12.8 Å². The van der Waals surface area contributed by atoms with E-state index >= 15 is 0 Å². The highest BCUT2D eigenvalue weighted by atomic mass is 16.5. The average Bonchev–Trinajstić information content (AvgIpc) is 2.56. The first kappa shape index (κ1) is 18.5. The van der Waals surface area contributed by atoms with Crippen LogP contribution in [0.5, 0.6) is 11.5 Å². The standard InChI is InChI=1S/C16H23N3O4/c1-4-6-9-17-15(20)16(21)19-18-11-12-7-8-13(23-5-2)14(10-12)22-3/h7-8,10-11H,4-6,9H2,1-3H3,(H,17,20)(H,19,21)/b18-11-. The van der Waals surface area contributed by atoms with Gasteiger partial charge in [-0.1, -0.05) is 13.3 Å². The van der Waals surface area contributed by atoms with Crippen molar-refractivity contribution in [2.75, 3.05) is 20.3 Å². The first-order valence-electron chi connectivity index (χ1n) is 7.54. The molecule has 7 nitrogen and oxygen atoms in total. The fourth-order valence-corrected chi connectivity index (χ4v) is 1.71. The van der Waals surface area contributed by atoms with Crippen LogP contribution in [0, 0.1) is 0 Å². The van der Waals surface area contributed by atoms with E-state index in [1.807, 2.05) is 13.8 Å². The summed E-state index contributed by atoms with van der Waals surface area (Å²) in [5, 5.41) is 6.27. The molecule has 7 heteroatoms. The molecular weight excluding hydrogens is 298 g/mol. The summed E-state index contributed by atoms with van der Waals surface area (Å²) in [5.41, 5.74) is 2.89. The van der Waals surface area contributed by atoms with E-state index in [0.29, 0.717) is 30.2 Å². The second-order valence-electron chi connectivity index (χ2n) is 4.65. The van der Waals surface area contributed by atoms with Gasteiger partial charge in [-0.05, 0) is 37.1 Å². The summed E-state index contributed by atoms with van der Waals surface area (Å²) in [6, 6.07) is 5.25. The van der Waals surface area contributed by atoms with Gasteiger partial charge in [0.05, 0.1) is 19.9 Å². The van der Waals surface area contributed by atoms with Crippen LogP contribution in [0.3, 0.4) is 0 Å². The van der Waals surface area contributed by atoms with Crippen LogP contribution in [0.25, 0.3) is 0 Å². The van der Waals surface area contributed by atoms with E-state index in [1.165, 1.54) is 6.21 Å². The number of unbranched alkanes of at least 4 members (excludes halogenated alkanes) is 1. The number of amides is 2. The molecule has 0 atom stereocenters. The van der Waals surface area contributed by atoms with Gasteiger partial charge >= 0.3 is 11.8 Å². The molecule has 0 aliphatic heterocycles. The Morgan fingerprint density at radius 1 is 1.22 bits per heavy atom. The molecule has 0 fully saturated rings. The van der Waals surface area contributed by atoms with Crippen LogP contribution in [-0.2, 0) is 9.59 Å². The fourth-order valence-electron chi connectivity index (χ4n) is 1.71. The molecule has 0 saturated carbocycles. The SMILES string of the molecule is CCCCNC(=O)C(=O)N/N=C\c1ccc(OCC)c(OC)c1. The second kappa shape index (κ2) is 10.2. The predicted octanol–water partition coefficient (Wildman–Crippen LogP) is 1.46. The first-order valence-corrected chi connectivity index (χ1v) is 7.54. The molecule has 0 aliphatic carbocycles. The number of ether oxygens (including phenoxy) is 2. The smallest absolute Gasteiger partial charge is 0.329 e. The lowest BCUT2D eigenvalue weighted by molar-refractivity contribution is -0.139. The molecule has 0 radical (unpaired) electrons. The number of hydrazone groups is 1. The molecule has 0 unspecified atom stereocenters. The lowest BCUT2D eigenvalue weighted by Gasteiger charge is -2.09. The van der Waals surface area contributed by atoms with Crippen molar-refractivity contribution in [2.24, 2.45) is 5.10 Å². The lowest BCUT2D eigenvalue weighted by atomic mass is 10.2. The van der Waals surface area contributed by atoms with Gasteiger partial charge in [-0.25, -0.2) is 5.43 Å². The summed E-state index contributed by atoms with van der Waals surface area (Å²) in [6.07, 6.45) is 3.20. The molecule has 23 heavy (non-hydrogen) atoms. The number of carbonyl (C=O) groups excluding carboxylic acids is 2. The molecule has 0 spiro atoms. The quantitative estimate of drug-likeness (QED) is 0.328. The topological polar surface area (TPSA) is 89.0 Å². The number of nitrogens with one attached hydrogen (secondary N) is 2. The zero-order valence-electron chi connectivity index (χ0n) is 13.7. The van der Waals surface area contributed by atoms with Crippen molar-refractivity contribution < 1.29 is 19.1 Å². The summed E-state index contributed by atoms with van der Waals surface area (Å²) < 4.78 is 10.6. The summed E-state index contributed by atoms with van der Waals surface area (Å²) in [4.78, 5) is 23.0. The van der Waals surface area contributed by atoms with Gasteiger partial charge in [0.15, 0.2) is 11.5 Å². The normalized spacial score (nSPS) is 10.4. The van der Waals surface area contributed by atoms with Crippen molar-refractivity contribution in [2.45, 2.75) is 26.7 Å². The fraction of sp³-hybridized carbons (Fsp3) is 0.438. The zero-order valence-corrected chi connectivity index (χ0v) is 13.7.